The third kappa shape index (κ3) is 6.53. The van der Waals surface area contributed by atoms with E-state index in [-0.39, 0.29) is 17.8 Å². The Morgan fingerprint density at radius 1 is 1.20 bits per heavy atom. The van der Waals surface area contributed by atoms with Gasteiger partial charge < -0.3 is 14.4 Å². The van der Waals surface area contributed by atoms with Crippen molar-refractivity contribution in [3.8, 4) is 0 Å². The Kier molecular flexibility index (Phi) is 8.06. The van der Waals surface area contributed by atoms with Crippen LogP contribution in [0, 0.1) is 5.92 Å². The van der Waals surface area contributed by atoms with Gasteiger partial charge in [0.1, 0.15) is 0 Å². The van der Waals surface area contributed by atoms with Crippen LogP contribution in [0.15, 0.2) is 12.4 Å². The van der Waals surface area contributed by atoms with E-state index in [1.165, 1.54) is 0 Å². The zero-order valence-corrected chi connectivity index (χ0v) is 16.1. The molecule has 1 aromatic heterocycles. The smallest absolute Gasteiger partial charge is 0.168 e. The minimum absolute atomic E-state index is 0.0189. The predicted octanol–water partition coefficient (Wildman–Crippen LogP) is 2.80. The van der Waals surface area contributed by atoms with Gasteiger partial charge in [-0.1, -0.05) is 13.8 Å². The Hall–Kier alpha value is -1.24. The summed E-state index contributed by atoms with van der Waals surface area (Å²) < 4.78 is 13.1. The summed E-state index contributed by atoms with van der Waals surface area (Å²) in [4.78, 5) is 14.5. The number of hydrogen-bond donors (Lipinski definition) is 0. The first kappa shape index (κ1) is 20.1. The number of Topliss-reactive ketones (excluding diaryl/α,β-unsaturated/α-hetero) is 1. The van der Waals surface area contributed by atoms with Crippen molar-refractivity contribution in [1.29, 1.82) is 0 Å². The summed E-state index contributed by atoms with van der Waals surface area (Å²) in [5, 5.41) is 4.42. The van der Waals surface area contributed by atoms with Gasteiger partial charge in [-0.2, -0.15) is 5.10 Å². The largest absolute Gasteiger partial charge is 0.378 e. The minimum Gasteiger partial charge on any atom is -0.378 e. The number of rotatable bonds is 10. The molecular formula is C19H33N3O3. The van der Waals surface area contributed by atoms with Gasteiger partial charge in [0.2, 0.25) is 0 Å². The highest BCUT2D eigenvalue weighted by atomic mass is 16.5. The fraction of sp³-hybridized carbons (Fsp3) is 0.789. The zero-order chi connectivity index (χ0) is 18.2. The Labute approximate surface area is 151 Å². The van der Waals surface area contributed by atoms with Crippen LogP contribution in [0.4, 0.5) is 0 Å². The molecule has 0 bridgehead atoms. The van der Waals surface area contributed by atoms with Gasteiger partial charge in [-0.05, 0) is 26.7 Å². The van der Waals surface area contributed by atoms with E-state index in [2.05, 4.69) is 10.00 Å². The maximum absolute atomic E-state index is 12.0. The van der Waals surface area contributed by atoms with Crippen LogP contribution in [0.3, 0.4) is 0 Å². The van der Waals surface area contributed by atoms with Crippen LogP contribution < -0.4 is 0 Å². The summed E-state index contributed by atoms with van der Waals surface area (Å²) >= 11 is 0. The standard InChI is InChI=1S/C19H33N3O3/c1-15(2)19(23)17-13-20-22(14-17)18-5-7-21(8-6-18)9-10-24-11-12-25-16(3)4/h13-16,18H,5-12H2,1-4H3. The molecule has 0 spiro atoms. The van der Waals surface area contributed by atoms with Crippen LogP contribution in [0.2, 0.25) is 0 Å². The second kappa shape index (κ2) is 10.0. The van der Waals surface area contributed by atoms with Gasteiger partial charge in [-0.15, -0.1) is 0 Å². The van der Waals surface area contributed by atoms with E-state index in [9.17, 15) is 4.79 Å². The van der Waals surface area contributed by atoms with Crippen LogP contribution in [0.5, 0.6) is 0 Å². The van der Waals surface area contributed by atoms with E-state index in [0.29, 0.717) is 19.3 Å². The molecule has 1 saturated heterocycles. The predicted molar refractivity (Wildman–Crippen MR) is 98.0 cm³/mol. The van der Waals surface area contributed by atoms with Crippen molar-refractivity contribution >= 4 is 5.78 Å². The zero-order valence-electron chi connectivity index (χ0n) is 16.1. The summed E-state index contributed by atoms with van der Waals surface area (Å²) in [6.07, 6.45) is 6.02. The molecule has 1 aliphatic rings. The van der Waals surface area contributed by atoms with Crippen molar-refractivity contribution in [2.24, 2.45) is 5.92 Å². The number of carbonyl (C=O) groups is 1. The number of likely N-dealkylation sites (tertiary alicyclic amines) is 1. The molecule has 0 aromatic carbocycles. The molecule has 0 atom stereocenters. The van der Waals surface area contributed by atoms with Gasteiger partial charge in [0, 0.05) is 31.7 Å². The molecule has 6 nitrogen and oxygen atoms in total. The van der Waals surface area contributed by atoms with Gasteiger partial charge in [-0.25, -0.2) is 0 Å². The number of piperidine rings is 1. The lowest BCUT2D eigenvalue weighted by Gasteiger charge is -2.31. The average Bonchev–Trinajstić information content (AvgIpc) is 3.07. The van der Waals surface area contributed by atoms with Crippen molar-refractivity contribution < 1.29 is 14.3 Å². The van der Waals surface area contributed by atoms with Crippen molar-refractivity contribution in [3.63, 3.8) is 0 Å². The minimum atomic E-state index is 0.0189. The Morgan fingerprint density at radius 3 is 2.56 bits per heavy atom. The molecule has 2 heterocycles. The quantitative estimate of drug-likeness (QED) is 0.479. The van der Waals surface area contributed by atoms with Crippen LogP contribution >= 0.6 is 0 Å². The van der Waals surface area contributed by atoms with Crippen molar-refractivity contribution in [2.45, 2.75) is 52.7 Å². The van der Waals surface area contributed by atoms with E-state index in [4.69, 9.17) is 9.47 Å². The summed E-state index contributed by atoms with van der Waals surface area (Å²) in [6, 6.07) is 0.394. The molecule has 0 N–H and O–H groups in total. The second-order valence-corrected chi connectivity index (χ2v) is 7.33. The SMILES string of the molecule is CC(C)OCCOCCN1CCC(n2cc(C(=O)C(C)C)cn2)CC1. The monoisotopic (exact) mass is 351 g/mol. The highest BCUT2D eigenvalue weighted by molar-refractivity contribution is 5.96. The van der Waals surface area contributed by atoms with E-state index in [0.717, 1.165) is 44.6 Å². The van der Waals surface area contributed by atoms with E-state index in [1.807, 2.05) is 38.6 Å². The van der Waals surface area contributed by atoms with Gasteiger partial charge in [0.05, 0.1) is 43.7 Å². The molecule has 0 radical (unpaired) electrons. The normalized spacial score (nSPS) is 16.9. The highest BCUT2D eigenvalue weighted by Gasteiger charge is 2.22. The fourth-order valence-electron chi connectivity index (χ4n) is 3.04. The first-order valence-corrected chi connectivity index (χ1v) is 9.47. The Bertz CT molecular complexity index is 520. The van der Waals surface area contributed by atoms with Crippen LogP contribution in [0.25, 0.3) is 0 Å². The molecule has 25 heavy (non-hydrogen) atoms. The molecule has 142 valence electrons. The van der Waals surface area contributed by atoms with Crippen molar-refractivity contribution in [1.82, 2.24) is 14.7 Å². The molecule has 0 saturated carbocycles. The first-order valence-electron chi connectivity index (χ1n) is 9.47. The van der Waals surface area contributed by atoms with Crippen LogP contribution in [-0.4, -0.2) is 66.0 Å². The molecule has 1 aliphatic heterocycles. The summed E-state index contributed by atoms with van der Waals surface area (Å²) in [7, 11) is 0. The number of nitrogens with zero attached hydrogens (tertiary/aromatic N) is 3. The van der Waals surface area contributed by atoms with Crippen LogP contribution in [-0.2, 0) is 9.47 Å². The van der Waals surface area contributed by atoms with Crippen molar-refractivity contribution in [3.05, 3.63) is 18.0 Å². The summed E-state index contributed by atoms with van der Waals surface area (Å²) in [5.74, 6) is 0.188. The average molecular weight is 351 g/mol. The Balaban J connectivity index is 1.65. The lowest BCUT2D eigenvalue weighted by atomic mass is 10.0. The van der Waals surface area contributed by atoms with E-state index < -0.39 is 0 Å². The molecule has 1 aromatic rings. The molecule has 0 amide bonds. The van der Waals surface area contributed by atoms with Gasteiger partial charge in [-0.3, -0.25) is 9.48 Å². The number of aromatic nitrogens is 2. The maximum Gasteiger partial charge on any atom is 0.168 e. The van der Waals surface area contributed by atoms with Crippen molar-refractivity contribution in [2.75, 3.05) is 39.5 Å². The molecular weight excluding hydrogens is 318 g/mol. The maximum atomic E-state index is 12.0. The molecule has 6 heteroatoms. The number of hydrogen-bond acceptors (Lipinski definition) is 5. The second-order valence-electron chi connectivity index (χ2n) is 7.33. The fourth-order valence-corrected chi connectivity index (χ4v) is 3.04. The highest BCUT2D eigenvalue weighted by Crippen LogP contribution is 2.22. The summed E-state index contributed by atoms with van der Waals surface area (Å²) in [5.41, 5.74) is 0.731. The third-order valence-electron chi connectivity index (χ3n) is 4.57. The molecule has 0 unspecified atom stereocenters. The third-order valence-corrected chi connectivity index (χ3v) is 4.57. The Morgan fingerprint density at radius 2 is 1.92 bits per heavy atom. The van der Waals surface area contributed by atoms with Gasteiger partial charge in [0.25, 0.3) is 0 Å². The molecule has 0 aliphatic carbocycles. The summed E-state index contributed by atoms with van der Waals surface area (Å²) in [6.45, 7) is 13.0. The van der Waals surface area contributed by atoms with Gasteiger partial charge in [0.15, 0.2) is 5.78 Å². The number of carbonyl (C=O) groups excluding carboxylic acids is 1. The van der Waals surface area contributed by atoms with Crippen LogP contribution in [0.1, 0.15) is 56.9 Å². The number of ketones is 1. The molecule has 2 rings (SSSR count). The first-order chi connectivity index (χ1) is 12.0. The van der Waals surface area contributed by atoms with E-state index >= 15 is 0 Å². The lowest BCUT2D eigenvalue weighted by molar-refractivity contribution is 0.0119. The number of ether oxygens (including phenoxy) is 2. The van der Waals surface area contributed by atoms with E-state index in [1.54, 1.807) is 6.20 Å². The molecule has 1 fully saturated rings. The lowest BCUT2D eigenvalue weighted by Crippen LogP contribution is -2.37. The van der Waals surface area contributed by atoms with Gasteiger partial charge >= 0.3 is 0 Å². The topological polar surface area (TPSA) is 56.6 Å².